The minimum Gasteiger partial charge on any atom is -0.457 e. The van der Waals surface area contributed by atoms with Crippen molar-refractivity contribution in [2.75, 3.05) is 5.32 Å². The lowest BCUT2D eigenvalue weighted by molar-refractivity contribution is 0.578. The summed E-state index contributed by atoms with van der Waals surface area (Å²) in [5, 5.41) is 10.9. The van der Waals surface area contributed by atoms with Crippen LogP contribution in [-0.2, 0) is 0 Å². The Labute approximate surface area is 229 Å². The van der Waals surface area contributed by atoms with Crippen molar-refractivity contribution in [1.29, 1.82) is 0 Å². The molecule has 0 spiro atoms. The average molecular weight is 523 g/mol. The van der Waals surface area contributed by atoms with Crippen LogP contribution in [-0.4, -0.2) is 4.57 Å². The van der Waals surface area contributed by atoms with Crippen LogP contribution in [0.5, 0.6) is 0 Å². The van der Waals surface area contributed by atoms with Crippen LogP contribution in [0.2, 0.25) is 0 Å². The molecular weight excluding hydrogens is 496 g/mol. The summed E-state index contributed by atoms with van der Waals surface area (Å²) in [6, 6.07) is 26.5. The first-order valence-electron chi connectivity index (χ1n) is 13.4. The molecule has 0 amide bonds. The van der Waals surface area contributed by atoms with Crippen molar-refractivity contribution < 1.29 is 4.42 Å². The van der Waals surface area contributed by atoms with Gasteiger partial charge in [0.25, 0.3) is 0 Å². The Kier molecular flexibility index (Phi) is 4.88. The van der Waals surface area contributed by atoms with Gasteiger partial charge in [0, 0.05) is 58.6 Å². The second-order valence-electron chi connectivity index (χ2n) is 10.2. The van der Waals surface area contributed by atoms with Gasteiger partial charge in [0.1, 0.15) is 11.0 Å². The molecule has 0 aliphatic heterocycles. The summed E-state index contributed by atoms with van der Waals surface area (Å²) in [6.45, 7) is 6.17. The van der Waals surface area contributed by atoms with E-state index in [1.165, 1.54) is 47.7 Å². The van der Waals surface area contributed by atoms with Crippen LogP contribution in [0.15, 0.2) is 95.4 Å². The van der Waals surface area contributed by atoms with Gasteiger partial charge in [-0.05, 0) is 74.4 Å². The zero-order valence-corrected chi connectivity index (χ0v) is 22.4. The Morgan fingerprint density at radius 1 is 0.846 bits per heavy atom. The van der Waals surface area contributed by atoms with Crippen molar-refractivity contribution in [2.24, 2.45) is 0 Å². The van der Waals surface area contributed by atoms with E-state index in [1.54, 1.807) is 0 Å². The predicted octanol–water partition coefficient (Wildman–Crippen LogP) is 9.05. The monoisotopic (exact) mass is 522 g/mol. The highest BCUT2D eigenvalue weighted by atomic mass is 32.1. The van der Waals surface area contributed by atoms with E-state index >= 15 is 0 Å². The molecule has 0 radical (unpaired) electrons. The Morgan fingerprint density at radius 2 is 1.67 bits per heavy atom. The molecule has 0 saturated heterocycles. The fourth-order valence-corrected chi connectivity index (χ4v) is 7.21. The molecule has 3 nitrogen and oxygen atoms in total. The average Bonchev–Trinajstić information content (AvgIpc) is 3.59. The maximum atomic E-state index is 6.07. The van der Waals surface area contributed by atoms with Gasteiger partial charge < -0.3 is 14.3 Å². The van der Waals surface area contributed by atoms with Crippen molar-refractivity contribution in [3.63, 3.8) is 0 Å². The van der Waals surface area contributed by atoms with Gasteiger partial charge in [-0.2, -0.15) is 0 Å². The maximum absolute atomic E-state index is 6.07. The molecule has 3 heterocycles. The number of benzene rings is 4. The predicted molar refractivity (Wildman–Crippen MR) is 169 cm³/mol. The lowest BCUT2D eigenvalue weighted by atomic mass is 10.1. The molecule has 4 heteroatoms. The molecule has 0 saturated carbocycles. The molecule has 3 aromatic heterocycles. The van der Waals surface area contributed by atoms with Gasteiger partial charge in [-0.15, -0.1) is 11.3 Å². The summed E-state index contributed by atoms with van der Waals surface area (Å²) in [4.78, 5) is 0. The highest BCUT2D eigenvalue weighted by Gasteiger charge is 2.17. The molecule has 4 aromatic carbocycles. The molecular formula is C35H26N2OS. The fourth-order valence-electron chi connectivity index (χ4n) is 6.13. The van der Waals surface area contributed by atoms with Gasteiger partial charge in [0.2, 0.25) is 0 Å². The summed E-state index contributed by atoms with van der Waals surface area (Å²) in [7, 11) is 0. The minimum atomic E-state index is 0.720. The largest absolute Gasteiger partial charge is 0.457 e. The summed E-state index contributed by atoms with van der Waals surface area (Å²) in [5.74, 6) is 0. The fraction of sp³-hybridized carbons (Fsp3) is 0.0857. The summed E-state index contributed by atoms with van der Waals surface area (Å²) in [5.41, 5.74) is 7.48. The Hall–Kier alpha value is -4.54. The number of nitrogens with zero attached hydrogens (tertiary/aromatic N) is 1. The van der Waals surface area contributed by atoms with Crippen LogP contribution in [0, 0.1) is 0 Å². The molecule has 0 fully saturated rings. The van der Waals surface area contributed by atoms with Crippen molar-refractivity contribution in [3.8, 4) is 0 Å². The number of hydrogen-bond donors (Lipinski definition) is 1. The number of allylic oxidation sites excluding steroid dienone is 4. The van der Waals surface area contributed by atoms with E-state index < -0.39 is 0 Å². The third kappa shape index (κ3) is 3.42. The zero-order valence-electron chi connectivity index (χ0n) is 21.6. The van der Waals surface area contributed by atoms with Gasteiger partial charge in [-0.1, -0.05) is 49.1 Å². The standard InChI is InChI=1S/C35H26N2OS/c1-3-25-21(2)38-33-20-28-26-15-13-23(18-31(26)37(32(28)19-29(25)33)24-9-5-4-6-10-24)36-22-14-16-35-30(17-22)27-11-7-8-12-34(27)39-35/h3-5,7-9,11-20,36H,2,6,10H2,1H3/b25-3+. The molecule has 1 aliphatic rings. The molecule has 0 unspecified atom stereocenters. The number of fused-ring (bicyclic) bond motifs is 7. The quantitative estimate of drug-likeness (QED) is 0.251. The lowest BCUT2D eigenvalue weighted by Gasteiger charge is -2.15. The van der Waals surface area contributed by atoms with Crippen LogP contribution in [0.4, 0.5) is 11.4 Å². The molecule has 39 heavy (non-hydrogen) atoms. The summed E-state index contributed by atoms with van der Waals surface area (Å²) < 4.78 is 11.1. The number of nitrogens with one attached hydrogen (secondary N) is 1. The molecule has 0 bridgehead atoms. The maximum Gasteiger partial charge on any atom is 0.136 e. The van der Waals surface area contributed by atoms with Crippen LogP contribution in [0.3, 0.4) is 0 Å². The lowest BCUT2D eigenvalue weighted by Crippen LogP contribution is -2.17. The van der Waals surface area contributed by atoms with E-state index in [4.69, 9.17) is 4.42 Å². The topological polar surface area (TPSA) is 30.1 Å². The zero-order chi connectivity index (χ0) is 26.1. The molecule has 0 atom stereocenters. The van der Waals surface area contributed by atoms with Crippen LogP contribution in [0.1, 0.15) is 19.8 Å². The third-order valence-corrected chi connectivity index (χ3v) is 9.08. The van der Waals surface area contributed by atoms with Gasteiger partial charge >= 0.3 is 0 Å². The number of furan rings is 1. The number of hydrogen-bond acceptors (Lipinski definition) is 3. The van der Waals surface area contributed by atoms with E-state index in [0.29, 0.717) is 0 Å². The minimum absolute atomic E-state index is 0.720. The number of aromatic nitrogens is 1. The molecule has 1 aliphatic carbocycles. The smallest absolute Gasteiger partial charge is 0.136 e. The second-order valence-corrected chi connectivity index (χ2v) is 11.3. The first kappa shape index (κ1) is 22.4. The molecule has 8 rings (SSSR count). The molecule has 188 valence electrons. The number of anilines is 2. The Bertz CT molecular complexity index is 2290. The number of rotatable bonds is 3. The van der Waals surface area contributed by atoms with Crippen molar-refractivity contribution in [3.05, 3.63) is 102 Å². The number of thiophene rings is 1. The van der Waals surface area contributed by atoms with Gasteiger partial charge in [-0.25, -0.2) is 0 Å². The Balaban J connectivity index is 1.33. The third-order valence-electron chi connectivity index (χ3n) is 7.92. The first-order chi connectivity index (χ1) is 19.2. The highest BCUT2D eigenvalue weighted by Crippen LogP contribution is 2.39. The van der Waals surface area contributed by atoms with E-state index in [1.807, 2.05) is 18.3 Å². The van der Waals surface area contributed by atoms with Gasteiger partial charge in [0.15, 0.2) is 0 Å². The van der Waals surface area contributed by atoms with Crippen LogP contribution < -0.4 is 16.0 Å². The van der Waals surface area contributed by atoms with E-state index in [2.05, 4.69) is 114 Å². The molecule has 7 aromatic rings. The SMILES string of the molecule is C=c1oc2cc3c4ccc(Nc5ccc6sc7ccccc7c6c5)cc4n(C4=CC=CCC4)c3cc2/c1=C/C. The van der Waals surface area contributed by atoms with Crippen LogP contribution in [0.25, 0.3) is 71.3 Å². The highest BCUT2D eigenvalue weighted by molar-refractivity contribution is 7.25. The van der Waals surface area contributed by atoms with Gasteiger partial charge in [0.05, 0.1) is 11.0 Å². The second kappa shape index (κ2) is 8.48. The molecule has 1 N–H and O–H groups in total. The van der Waals surface area contributed by atoms with E-state index in [0.717, 1.165) is 45.8 Å². The van der Waals surface area contributed by atoms with Crippen molar-refractivity contribution >= 4 is 94.0 Å². The van der Waals surface area contributed by atoms with Gasteiger partial charge in [-0.3, -0.25) is 0 Å². The summed E-state index contributed by atoms with van der Waals surface area (Å²) in [6.07, 6.45) is 10.8. The van der Waals surface area contributed by atoms with E-state index in [-0.39, 0.29) is 0 Å². The van der Waals surface area contributed by atoms with Crippen LogP contribution >= 0.6 is 11.3 Å². The van der Waals surface area contributed by atoms with E-state index in [9.17, 15) is 0 Å². The first-order valence-corrected chi connectivity index (χ1v) is 14.2. The van der Waals surface area contributed by atoms with Crippen molar-refractivity contribution in [2.45, 2.75) is 19.8 Å². The van der Waals surface area contributed by atoms with Crippen molar-refractivity contribution in [1.82, 2.24) is 4.57 Å². The normalized spacial score (nSPS) is 14.4. The Morgan fingerprint density at radius 3 is 2.54 bits per heavy atom. The summed E-state index contributed by atoms with van der Waals surface area (Å²) >= 11 is 1.85.